The third-order valence-corrected chi connectivity index (χ3v) is 5.92. The molecule has 8 heteroatoms. The fraction of sp³-hybridized carbons (Fsp3) is 0.263. The van der Waals surface area contributed by atoms with E-state index < -0.39 is 9.84 Å². The first kappa shape index (κ1) is 19.3. The topological polar surface area (TPSA) is 85.4 Å². The molecule has 2 aromatic carbocycles. The number of benzene rings is 2. The van der Waals surface area contributed by atoms with Gasteiger partial charge in [0.15, 0.2) is 15.0 Å². The van der Waals surface area contributed by atoms with E-state index in [-0.39, 0.29) is 10.8 Å². The number of carbonyl (C=O) groups excluding carboxylic acids is 1. The SMILES string of the molecule is Cc1ccc(OCCCC(=O)Nc2nc3ccc(S(C)(=O)=O)cc3s2)cc1. The molecule has 0 atom stereocenters. The third kappa shape index (κ3) is 5.27. The summed E-state index contributed by atoms with van der Waals surface area (Å²) in [5.74, 6) is 0.638. The average Bonchev–Trinajstić information content (AvgIpc) is 3.00. The molecule has 0 aliphatic carbocycles. The van der Waals surface area contributed by atoms with Crippen LogP contribution in [0, 0.1) is 6.92 Å². The quantitative estimate of drug-likeness (QED) is 0.605. The van der Waals surface area contributed by atoms with E-state index in [4.69, 9.17) is 4.74 Å². The van der Waals surface area contributed by atoms with E-state index in [2.05, 4.69) is 10.3 Å². The maximum absolute atomic E-state index is 12.1. The number of ether oxygens (including phenoxy) is 1. The molecular weight excluding hydrogens is 384 g/mol. The first-order valence-corrected chi connectivity index (χ1v) is 11.1. The Morgan fingerprint density at radius 2 is 1.93 bits per heavy atom. The number of hydrogen-bond donors (Lipinski definition) is 1. The van der Waals surface area contributed by atoms with Crippen LogP contribution in [-0.2, 0) is 14.6 Å². The van der Waals surface area contributed by atoms with Gasteiger partial charge in [0.2, 0.25) is 5.91 Å². The predicted molar refractivity (Wildman–Crippen MR) is 107 cm³/mol. The highest BCUT2D eigenvalue weighted by atomic mass is 32.2. The predicted octanol–water partition coefficient (Wildman–Crippen LogP) is 3.81. The number of aryl methyl sites for hydroxylation is 1. The van der Waals surface area contributed by atoms with Gasteiger partial charge < -0.3 is 10.1 Å². The van der Waals surface area contributed by atoms with E-state index in [0.717, 1.165) is 16.7 Å². The minimum absolute atomic E-state index is 0.148. The van der Waals surface area contributed by atoms with Gasteiger partial charge in [0.05, 0.1) is 21.7 Å². The van der Waals surface area contributed by atoms with E-state index in [1.165, 1.54) is 23.0 Å². The lowest BCUT2D eigenvalue weighted by Gasteiger charge is -2.06. The third-order valence-electron chi connectivity index (χ3n) is 3.87. The van der Waals surface area contributed by atoms with Crippen molar-refractivity contribution in [3.05, 3.63) is 48.0 Å². The molecule has 27 heavy (non-hydrogen) atoms. The van der Waals surface area contributed by atoms with E-state index in [1.807, 2.05) is 31.2 Å². The molecule has 1 amide bonds. The van der Waals surface area contributed by atoms with Crippen LogP contribution in [-0.4, -0.2) is 32.2 Å². The molecule has 3 aromatic rings. The van der Waals surface area contributed by atoms with E-state index in [1.54, 1.807) is 12.1 Å². The first-order chi connectivity index (χ1) is 12.8. The minimum atomic E-state index is -3.27. The highest BCUT2D eigenvalue weighted by Crippen LogP contribution is 2.28. The monoisotopic (exact) mass is 404 g/mol. The molecule has 142 valence electrons. The van der Waals surface area contributed by atoms with Gasteiger partial charge in [0, 0.05) is 12.7 Å². The summed E-state index contributed by atoms with van der Waals surface area (Å²) in [5, 5.41) is 3.22. The smallest absolute Gasteiger partial charge is 0.226 e. The molecule has 0 saturated heterocycles. The normalized spacial score (nSPS) is 11.5. The highest BCUT2D eigenvalue weighted by molar-refractivity contribution is 7.90. The number of carbonyl (C=O) groups is 1. The fourth-order valence-corrected chi connectivity index (χ4v) is 4.07. The van der Waals surface area contributed by atoms with Crippen molar-refractivity contribution in [2.24, 2.45) is 0 Å². The molecule has 0 aliphatic rings. The Balaban J connectivity index is 1.52. The zero-order valence-electron chi connectivity index (χ0n) is 15.1. The molecule has 3 rings (SSSR count). The van der Waals surface area contributed by atoms with Gasteiger partial charge in [-0.15, -0.1) is 0 Å². The summed E-state index contributed by atoms with van der Waals surface area (Å²) in [6, 6.07) is 12.5. The van der Waals surface area contributed by atoms with Crippen LogP contribution >= 0.6 is 11.3 Å². The van der Waals surface area contributed by atoms with Crippen LogP contribution in [0.2, 0.25) is 0 Å². The number of aromatic nitrogens is 1. The van der Waals surface area contributed by atoms with Crippen molar-refractivity contribution < 1.29 is 17.9 Å². The summed E-state index contributed by atoms with van der Waals surface area (Å²) in [5.41, 5.74) is 1.83. The first-order valence-electron chi connectivity index (χ1n) is 8.41. The number of nitrogens with zero attached hydrogens (tertiary/aromatic N) is 1. The Morgan fingerprint density at radius 3 is 2.63 bits per heavy atom. The molecule has 0 unspecified atom stereocenters. The fourth-order valence-electron chi connectivity index (χ4n) is 2.43. The molecule has 0 spiro atoms. The van der Waals surface area contributed by atoms with Gasteiger partial charge in [0.1, 0.15) is 5.75 Å². The van der Waals surface area contributed by atoms with Crippen molar-refractivity contribution >= 4 is 42.4 Å². The summed E-state index contributed by atoms with van der Waals surface area (Å²) >= 11 is 1.25. The maximum Gasteiger partial charge on any atom is 0.226 e. The Morgan fingerprint density at radius 1 is 1.19 bits per heavy atom. The van der Waals surface area contributed by atoms with Gasteiger partial charge in [0.25, 0.3) is 0 Å². The Hall–Kier alpha value is -2.45. The van der Waals surface area contributed by atoms with Crippen molar-refractivity contribution in [2.75, 3.05) is 18.2 Å². The molecule has 1 heterocycles. The summed E-state index contributed by atoms with van der Waals surface area (Å²) < 4.78 is 29.6. The van der Waals surface area contributed by atoms with Crippen LogP contribution in [0.1, 0.15) is 18.4 Å². The number of amides is 1. The van der Waals surface area contributed by atoms with Crippen molar-refractivity contribution in [2.45, 2.75) is 24.7 Å². The van der Waals surface area contributed by atoms with Crippen molar-refractivity contribution in [1.29, 1.82) is 0 Å². The summed E-state index contributed by atoms with van der Waals surface area (Å²) in [6.07, 6.45) is 2.07. The number of hydrogen-bond acceptors (Lipinski definition) is 6. The molecule has 0 bridgehead atoms. The second-order valence-corrected chi connectivity index (χ2v) is 9.28. The van der Waals surface area contributed by atoms with E-state index in [9.17, 15) is 13.2 Å². The van der Waals surface area contributed by atoms with Crippen LogP contribution < -0.4 is 10.1 Å². The lowest BCUT2D eigenvalue weighted by molar-refractivity contribution is -0.116. The second kappa shape index (κ2) is 8.06. The number of anilines is 1. The standard InChI is InChI=1S/C19H20N2O4S2/c1-13-5-7-14(8-6-13)25-11-3-4-18(22)21-19-20-16-10-9-15(27(2,23)24)12-17(16)26-19/h5-10,12H,3-4,11H2,1-2H3,(H,20,21,22). The van der Waals surface area contributed by atoms with Crippen molar-refractivity contribution in [3.63, 3.8) is 0 Å². The van der Waals surface area contributed by atoms with Crippen molar-refractivity contribution in [3.8, 4) is 5.75 Å². The van der Waals surface area contributed by atoms with Crippen LogP contribution in [0.15, 0.2) is 47.4 Å². The molecule has 0 fully saturated rings. The molecule has 6 nitrogen and oxygen atoms in total. The number of fused-ring (bicyclic) bond motifs is 1. The lowest BCUT2D eigenvalue weighted by atomic mass is 10.2. The van der Waals surface area contributed by atoms with Crippen LogP contribution in [0.5, 0.6) is 5.75 Å². The number of rotatable bonds is 7. The Bertz CT molecular complexity index is 1060. The molecule has 0 radical (unpaired) electrons. The second-order valence-electron chi connectivity index (χ2n) is 6.23. The number of nitrogens with one attached hydrogen (secondary N) is 1. The van der Waals surface area contributed by atoms with Crippen molar-refractivity contribution in [1.82, 2.24) is 4.98 Å². The largest absolute Gasteiger partial charge is 0.494 e. The van der Waals surface area contributed by atoms with Gasteiger partial charge in [-0.25, -0.2) is 13.4 Å². The van der Waals surface area contributed by atoms with E-state index >= 15 is 0 Å². The van der Waals surface area contributed by atoms with Gasteiger partial charge >= 0.3 is 0 Å². The molecular formula is C19H20N2O4S2. The maximum atomic E-state index is 12.1. The molecule has 1 N–H and O–H groups in total. The van der Waals surface area contributed by atoms with Crippen LogP contribution in [0.4, 0.5) is 5.13 Å². The van der Waals surface area contributed by atoms with Gasteiger partial charge in [-0.2, -0.15) is 0 Å². The number of sulfone groups is 1. The lowest BCUT2D eigenvalue weighted by Crippen LogP contribution is -2.12. The summed E-state index contributed by atoms with van der Waals surface area (Å²) in [7, 11) is -3.27. The molecule has 0 saturated carbocycles. The summed E-state index contributed by atoms with van der Waals surface area (Å²) in [4.78, 5) is 16.6. The average molecular weight is 405 g/mol. The minimum Gasteiger partial charge on any atom is -0.494 e. The van der Waals surface area contributed by atoms with Crippen LogP contribution in [0.3, 0.4) is 0 Å². The number of thiazole rings is 1. The van der Waals surface area contributed by atoms with Gasteiger partial charge in [-0.3, -0.25) is 4.79 Å². The zero-order chi connectivity index (χ0) is 19.4. The Kier molecular flexibility index (Phi) is 5.76. The van der Waals surface area contributed by atoms with Gasteiger partial charge in [-0.05, 0) is 43.7 Å². The van der Waals surface area contributed by atoms with E-state index in [0.29, 0.717) is 30.1 Å². The Labute approximate surface area is 162 Å². The van der Waals surface area contributed by atoms with Gasteiger partial charge in [-0.1, -0.05) is 29.0 Å². The molecule has 1 aromatic heterocycles. The summed E-state index contributed by atoms with van der Waals surface area (Å²) in [6.45, 7) is 2.46. The highest BCUT2D eigenvalue weighted by Gasteiger charge is 2.12. The molecule has 0 aliphatic heterocycles. The zero-order valence-corrected chi connectivity index (χ0v) is 16.7. The van der Waals surface area contributed by atoms with Crippen LogP contribution in [0.25, 0.3) is 10.2 Å².